The third-order valence-corrected chi connectivity index (χ3v) is 3.68. The number of rotatable bonds is 2. The molecular formula is C15H19N3O. The Labute approximate surface area is 114 Å². The lowest BCUT2D eigenvalue weighted by Gasteiger charge is -2.34. The van der Waals surface area contributed by atoms with Crippen LogP contribution < -0.4 is 0 Å². The Morgan fingerprint density at radius 2 is 2.00 bits per heavy atom. The second kappa shape index (κ2) is 5.85. The minimum atomic E-state index is 0.161. The van der Waals surface area contributed by atoms with Crippen LogP contribution >= 0.6 is 0 Å². The number of nitriles is 1. The number of amides is 1. The van der Waals surface area contributed by atoms with Crippen molar-refractivity contribution in [1.29, 1.82) is 5.26 Å². The topological polar surface area (TPSA) is 47.3 Å². The van der Waals surface area contributed by atoms with Crippen LogP contribution in [0.5, 0.6) is 0 Å². The average Bonchev–Trinajstić information content (AvgIpc) is 2.41. The average molecular weight is 257 g/mol. The molecule has 4 heteroatoms. The first-order chi connectivity index (χ1) is 9.10. The lowest BCUT2D eigenvalue weighted by molar-refractivity contribution is -0.130. The number of benzene rings is 1. The van der Waals surface area contributed by atoms with Crippen LogP contribution in [-0.4, -0.2) is 41.9 Å². The summed E-state index contributed by atoms with van der Waals surface area (Å²) in [6.45, 7) is 8.01. The van der Waals surface area contributed by atoms with Crippen molar-refractivity contribution in [3.05, 3.63) is 34.9 Å². The van der Waals surface area contributed by atoms with E-state index in [1.807, 2.05) is 30.0 Å². The van der Waals surface area contributed by atoms with Crippen molar-refractivity contribution in [3.63, 3.8) is 0 Å². The molecule has 4 nitrogen and oxygen atoms in total. The van der Waals surface area contributed by atoms with Gasteiger partial charge in [-0.15, -0.1) is 0 Å². The molecule has 0 aliphatic carbocycles. The fourth-order valence-corrected chi connectivity index (χ4v) is 2.40. The highest BCUT2D eigenvalue weighted by molar-refractivity contribution is 5.73. The molecule has 1 heterocycles. The number of hydrogen-bond acceptors (Lipinski definition) is 3. The standard InChI is InChI=1S/C15H19N3O/c1-12-9-14(10-16)3-4-15(12)11-17-5-7-18(8-6-17)13(2)19/h3-4,9H,5-8,11H2,1-2H3. The molecule has 19 heavy (non-hydrogen) atoms. The van der Waals surface area contributed by atoms with Crippen LogP contribution in [0.3, 0.4) is 0 Å². The van der Waals surface area contributed by atoms with Crippen LogP contribution in [0.15, 0.2) is 18.2 Å². The molecule has 1 fully saturated rings. The molecular weight excluding hydrogens is 238 g/mol. The Hall–Kier alpha value is -1.86. The zero-order valence-corrected chi connectivity index (χ0v) is 11.5. The largest absolute Gasteiger partial charge is 0.340 e. The van der Waals surface area contributed by atoms with Crippen LogP contribution in [0, 0.1) is 18.3 Å². The van der Waals surface area contributed by atoms with Crippen molar-refractivity contribution in [3.8, 4) is 6.07 Å². The molecule has 1 saturated heterocycles. The van der Waals surface area contributed by atoms with Gasteiger partial charge in [0.15, 0.2) is 0 Å². The van der Waals surface area contributed by atoms with Gasteiger partial charge in [0.2, 0.25) is 5.91 Å². The molecule has 1 aliphatic heterocycles. The van der Waals surface area contributed by atoms with Gasteiger partial charge in [-0.3, -0.25) is 9.69 Å². The van der Waals surface area contributed by atoms with Gasteiger partial charge in [0, 0.05) is 39.6 Å². The smallest absolute Gasteiger partial charge is 0.219 e. The van der Waals surface area contributed by atoms with Crippen LogP contribution in [-0.2, 0) is 11.3 Å². The van der Waals surface area contributed by atoms with Crippen LogP contribution in [0.25, 0.3) is 0 Å². The number of piperazine rings is 1. The van der Waals surface area contributed by atoms with Crippen molar-refractivity contribution in [2.45, 2.75) is 20.4 Å². The summed E-state index contributed by atoms with van der Waals surface area (Å²) in [6.07, 6.45) is 0. The normalized spacial score (nSPS) is 16.2. The van der Waals surface area contributed by atoms with Gasteiger partial charge < -0.3 is 4.90 Å². The number of carbonyl (C=O) groups excluding carboxylic acids is 1. The quantitative estimate of drug-likeness (QED) is 0.807. The van der Waals surface area contributed by atoms with E-state index in [9.17, 15) is 4.79 Å². The highest BCUT2D eigenvalue weighted by Crippen LogP contribution is 2.14. The molecule has 1 aromatic rings. The summed E-state index contributed by atoms with van der Waals surface area (Å²) in [6, 6.07) is 7.99. The minimum Gasteiger partial charge on any atom is -0.340 e. The molecule has 0 radical (unpaired) electrons. The molecule has 0 saturated carbocycles. The zero-order chi connectivity index (χ0) is 13.8. The third kappa shape index (κ3) is 3.33. The molecule has 1 aromatic carbocycles. The molecule has 0 spiro atoms. The molecule has 1 aliphatic rings. The van der Waals surface area contributed by atoms with E-state index in [0.29, 0.717) is 5.56 Å². The van der Waals surface area contributed by atoms with E-state index < -0.39 is 0 Å². The van der Waals surface area contributed by atoms with Crippen molar-refractivity contribution in [1.82, 2.24) is 9.80 Å². The lowest BCUT2D eigenvalue weighted by Crippen LogP contribution is -2.47. The first-order valence-electron chi connectivity index (χ1n) is 6.57. The van der Waals surface area contributed by atoms with Gasteiger partial charge in [-0.25, -0.2) is 0 Å². The van der Waals surface area contributed by atoms with Crippen molar-refractivity contribution in [2.75, 3.05) is 26.2 Å². The monoisotopic (exact) mass is 257 g/mol. The SMILES string of the molecule is CC(=O)N1CCN(Cc2ccc(C#N)cc2C)CC1. The maximum absolute atomic E-state index is 11.3. The van der Waals surface area contributed by atoms with E-state index in [4.69, 9.17) is 5.26 Å². The molecule has 0 atom stereocenters. The number of aryl methyl sites for hydroxylation is 1. The Morgan fingerprint density at radius 3 is 2.53 bits per heavy atom. The fraction of sp³-hybridized carbons (Fsp3) is 0.467. The van der Waals surface area contributed by atoms with Crippen LogP contribution in [0.2, 0.25) is 0 Å². The highest BCUT2D eigenvalue weighted by atomic mass is 16.2. The van der Waals surface area contributed by atoms with Crippen LogP contribution in [0.1, 0.15) is 23.6 Å². The number of nitrogens with zero attached hydrogens (tertiary/aromatic N) is 3. The summed E-state index contributed by atoms with van der Waals surface area (Å²) in [7, 11) is 0. The zero-order valence-electron chi connectivity index (χ0n) is 11.5. The molecule has 1 amide bonds. The third-order valence-electron chi connectivity index (χ3n) is 3.68. The molecule has 0 N–H and O–H groups in total. The second-order valence-electron chi connectivity index (χ2n) is 5.04. The summed E-state index contributed by atoms with van der Waals surface area (Å²) in [4.78, 5) is 15.5. The van der Waals surface area contributed by atoms with Gasteiger partial charge in [0.25, 0.3) is 0 Å². The van der Waals surface area contributed by atoms with Crippen molar-refractivity contribution >= 4 is 5.91 Å². The molecule has 2 rings (SSSR count). The van der Waals surface area contributed by atoms with E-state index in [2.05, 4.69) is 11.0 Å². The Bertz CT molecular complexity index is 511. The molecule has 0 unspecified atom stereocenters. The summed E-state index contributed by atoms with van der Waals surface area (Å²) in [5.74, 6) is 0.161. The minimum absolute atomic E-state index is 0.161. The van der Waals surface area contributed by atoms with Crippen LogP contribution in [0.4, 0.5) is 0 Å². The first-order valence-corrected chi connectivity index (χ1v) is 6.57. The van der Waals surface area contributed by atoms with Gasteiger partial charge >= 0.3 is 0 Å². The lowest BCUT2D eigenvalue weighted by atomic mass is 10.0. The second-order valence-corrected chi connectivity index (χ2v) is 5.04. The van der Waals surface area contributed by atoms with E-state index >= 15 is 0 Å². The molecule has 0 bridgehead atoms. The maximum Gasteiger partial charge on any atom is 0.219 e. The van der Waals surface area contributed by atoms with Gasteiger partial charge in [0.1, 0.15) is 0 Å². The Kier molecular flexibility index (Phi) is 4.18. The summed E-state index contributed by atoms with van der Waals surface area (Å²) >= 11 is 0. The summed E-state index contributed by atoms with van der Waals surface area (Å²) < 4.78 is 0. The van der Waals surface area contributed by atoms with E-state index in [1.54, 1.807) is 6.92 Å². The fourth-order valence-electron chi connectivity index (χ4n) is 2.40. The van der Waals surface area contributed by atoms with E-state index in [-0.39, 0.29) is 5.91 Å². The Balaban J connectivity index is 1.96. The van der Waals surface area contributed by atoms with Gasteiger partial charge in [-0.05, 0) is 30.2 Å². The van der Waals surface area contributed by atoms with Crippen molar-refractivity contribution in [2.24, 2.45) is 0 Å². The number of carbonyl (C=O) groups is 1. The predicted octanol–water partition coefficient (Wildman–Crippen LogP) is 1.53. The Morgan fingerprint density at radius 1 is 1.32 bits per heavy atom. The maximum atomic E-state index is 11.3. The van der Waals surface area contributed by atoms with Crippen molar-refractivity contribution < 1.29 is 4.79 Å². The van der Waals surface area contributed by atoms with E-state index in [1.165, 1.54) is 5.56 Å². The summed E-state index contributed by atoms with van der Waals surface area (Å²) in [5, 5.41) is 8.86. The predicted molar refractivity (Wildman–Crippen MR) is 73.4 cm³/mol. The van der Waals surface area contributed by atoms with E-state index in [0.717, 1.165) is 38.3 Å². The molecule has 100 valence electrons. The molecule has 0 aromatic heterocycles. The van der Waals surface area contributed by atoms with Gasteiger partial charge in [-0.2, -0.15) is 5.26 Å². The highest BCUT2D eigenvalue weighted by Gasteiger charge is 2.18. The van der Waals surface area contributed by atoms with Gasteiger partial charge in [0.05, 0.1) is 11.6 Å². The summed E-state index contributed by atoms with van der Waals surface area (Å²) in [5.41, 5.74) is 3.13. The first kappa shape index (κ1) is 13.6. The van der Waals surface area contributed by atoms with Gasteiger partial charge in [-0.1, -0.05) is 6.07 Å². The number of hydrogen-bond donors (Lipinski definition) is 0.